The summed E-state index contributed by atoms with van der Waals surface area (Å²) >= 11 is 0. The van der Waals surface area contributed by atoms with Gasteiger partial charge in [-0.2, -0.15) is 0 Å². The Labute approximate surface area is 198 Å². The molecular weight excluding hydrogens is 422 g/mol. The van der Waals surface area contributed by atoms with Crippen molar-refractivity contribution in [2.75, 3.05) is 20.3 Å². The number of amides is 1. The topological polar surface area (TPSA) is 90.9 Å². The summed E-state index contributed by atoms with van der Waals surface area (Å²) in [5, 5.41) is 2.51. The minimum absolute atomic E-state index is 0.0545. The summed E-state index contributed by atoms with van der Waals surface area (Å²) in [5.41, 5.74) is 0.841. The first-order valence-corrected chi connectivity index (χ1v) is 11.8. The van der Waals surface area contributed by atoms with Crippen molar-refractivity contribution in [2.24, 2.45) is 23.7 Å². The van der Waals surface area contributed by atoms with Crippen LogP contribution >= 0.6 is 0 Å². The van der Waals surface area contributed by atoms with Crippen molar-refractivity contribution < 1.29 is 28.6 Å². The predicted molar refractivity (Wildman–Crippen MR) is 128 cm³/mol. The lowest BCUT2D eigenvalue weighted by Gasteiger charge is -2.25. The molecule has 0 saturated heterocycles. The SMILES string of the molecule is COC(=O)C(COC[C@H](CCC(C)C)[C@H](C=O)CCC(C)C)NC(=O)OCc1ccccc1. The number of methoxy groups -OCH3 is 1. The second-order valence-electron chi connectivity index (χ2n) is 9.32. The average molecular weight is 464 g/mol. The number of ether oxygens (including phenoxy) is 3. The Balaban J connectivity index is 2.65. The largest absolute Gasteiger partial charge is 0.467 e. The lowest BCUT2D eigenvalue weighted by atomic mass is 9.84. The van der Waals surface area contributed by atoms with E-state index in [1.165, 1.54) is 7.11 Å². The lowest BCUT2D eigenvalue weighted by Crippen LogP contribution is -2.45. The fourth-order valence-corrected chi connectivity index (χ4v) is 3.46. The zero-order chi connectivity index (χ0) is 24.6. The van der Waals surface area contributed by atoms with E-state index in [1.54, 1.807) is 0 Å². The van der Waals surface area contributed by atoms with Gasteiger partial charge in [0.1, 0.15) is 12.9 Å². The molecule has 0 saturated carbocycles. The third-order valence-electron chi connectivity index (χ3n) is 5.58. The van der Waals surface area contributed by atoms with Gasteiger partial charge in [-0.1, -0.05) is 70.9 Å². The summed E-state index contributed by atoms with van der Waals surface area (Å²) < 4.78 is 15.8. The van der Waals surface area contributed by atoms with E-state index >= 15 is 0 Å². The Morgan fingerprint density at radius 3 is 2.15 bits per heavy atom. The molecule has 1 rings (SSSR count). The maximum Gasteiger partial charge on any atom is 0.408 e. The molecular formula is C26H41NO6. The van der Waals surface area contributed by atoms with Crippen LogP contribution in [-0.4, -0.2) is 44.7 Å². The number of carbonyl (C=O) groups is 3. The van der Waals surface area contributed by atoms with Crippen LogP contribution in [-0.2, 0) is 30.4 Å². The first kappa shape index (κ1) is 28.6. The molecule has 0 radical (unpaired) electrons. The molecule has 0 bridgehead atoms. The second-order valence-corrected chi connectivity index (χ2v) is 9.32. The van der Waals surface area contributed by atoms with Crippen LogP contribution in [0.25, 0.3) is 0 Å². The molecule has 0 aliphatic rings. The molecule has 1 amide bonds. The average Bonchev–Trinajstić information content (AvgIpc) is 2.80. The van der Waals surface area contributed by atoms with E-state index in [-0.39, 0.29) is 25.0 Å². The summed E-state index contributed by atoms with van der Waals surface area (Å²) in [6.45, 7) is 8.97. The Hall–Kier alpha value is -2.41. The highest BCUT2D eigenvalue weighted by Crippen LogP contribution is 2.25. The second kappa shape index (κ2) is 16.2. The number of alkyl carbamates (subject to hydrolysis) is 1. The van der Waals surface area contributed by atoms with Crippen molar-refractivity contribution in [3.8, 4) is 0 Å². The first-order valence-electron chi connectivity index (χ1n) is 11.8. The molecule has 1 N–H and O–H groups in total. The van der Waals surface area contributed by atoms with Crippen molar-refractivity contribution in [3.63, 3.8) is 0 Å². The summed E-state index contributed by atoms with van der Waals surface area (Å²) in [4.78, 5) is 36.1. The number of benzene rings is 1. The van der Waals surface area contributed by atoms with E-state index in [0.717, 1.165) is 37.5 Å². The third kappa shape index (κ3) is 12.4. The standard InChI is InChI=1S/C26H41NO6/c1-19(2)11-13-22(15-28)23(14-12-20(3)4)17-32-18-24(25(29)31-5)27-26(30)33-16-21-9-7-6-8-10-21/h6-10,15,19-20,22-24H,11-14,16-18H2,1-5H3,(H,27,30)/t22-,23-,24?/m0/s1. The maximum absolute atomic E-state index is 12.2. The van der Waals surface area contributed by atoms with Gasteiger partial charge in [0.05, 0.1) is 20.3 Å². The molecule has 186 valence electrons. The Morgan fingerprint density at radius 1 is 0.939 bits per heavy atom. The van der Waals surface area contributed by atoms with Crippen molar-refractivity contribution >= 4 is 18.3 Å². The molecule has 7 nitrogen and oxygen atoms in total. The zero-order valence-electron chi connectivity index (χ0n) is 20.8. The number of carbonyl (C=O) groups excluding carboxylic acids is 3. The van der Waals surface area contributed by atoms with E-state index in [4.69, 9.17) is 14.2 Å². The van der Waals surface area contributed by atoms with Crippen molar-refractivity contribution in [1.82, 2.24) is 5.32 Å². The predicted octanol–water partition coefficient (Wildman–Crippen LogP) is 4.77. The maximum atomic E-state index is 12.2. The molecule has 7 heteroatoms. The lowest BCUT2D eigenvalue weighted by molar-refractivity contribution is -0.145. The van der Waals surface area contributed by atoms with E-state index < -0.39 is 18.1 Å². The van der Waals surface area contributed by atoms with Gasteiger partial charge in [0.2, 0.25) is 0 Å². The molecule has 0 aromatic heterocycles. The van der Waals surface area contributed by atoms with Gasteiger partial charge in [0.15, 0.2) is 6.04 Å². The van der Waals surface area contributed by atoms with Crippen LogP contribution in [0.1, 0.15) is 58.9 Å². The number of aldehydes is 1. The number of hydrogen-bond donors (Lipinski definition) is 1. The minimum Gasteiger partial charge on any atom is -0.467 e. The highest BCUT2D eigenvalue weighted by atomic mass is 16.6. The van der Waals surface area contributed by atoms with Crippen LogP contribution in [0, 0.1) is 23.7 Å². The van der Waals surface area contributed by atoms with Crippen LogP contribution in [0.15, 0.2) is 30.3 Å². The van der Waals surface area contributed by atoms with E-state index in [1.807, 2.05) is 30.3 Å². The van der Waals surface area contributed by atoms with Gasteiger partial charge in [0, 0.05) is 5.92 Å². The fourth-order valence-electron chi connectivity index (χ4n) is 3.46. The molecule has 0 aliphatic heterocycles. The van der Waals surface area contributed by atoms with Crippen molar-refractivity contribution in [3.05, 3.63) is 35.9 Å². The van der Waals surface area contributed by atoms with E-state index in [0.29, 0.717) is 18.4 Å². The molecule has 0 fully saturated rings. The van der Waals surface area contributed by atoms with Crippen molar-refractivity contribution in [1.29, 1.82) is 0 Å². The Kier molecular flexibility index (Phi) is 14.1. The van der Waals surface area contributed by atoms with Crippen molar-refractivity contribution in [2.45, 2.75) is 66.0 Å². The summed E-state index contributed by atoms with van der Waals surface area (Å²) in [6, 6.07) is 8.27. The minimum atomic E-state index is -0.991. The molecule has 33 heavy (non-hydrogen) atoms. The molecule has 3 atom stereocenters. The van der Waals surface area contributed by atoms with Gasteiger partial charge in [-0.05, 0) is 36.2 Å². The highest BCUT2D eigenvalue weighted by Gasteiger charge is 2.26. The van der Waals surface area contributed by atoms with Gasteiger partial charge < -0.3 is 24.3 Å². The van der Waals surface area contributed by atoms with Gasteiger partial charge in [-0.15, -0.1) is 0 Å². The molecule has 0 spiro atoms. The zero-order valence-corrected chi connectivity index (χ0v) is 20.8. The quantitative estimate of drug-likeness (QED) is 0.280. The van der Waals surface area contributed by atoms with Gasteiger partial charge in [-0.3, -0.25) is 0 Å². The first-order chi connectivity index (χ1) is 15.8. The number of esters is 1. The van der Waals surface area contributed by atoms with Gasteiger partial charge in [-0.25, -0.2) is 9.59 Å². The van der Waals surface area contributed by atoms with Crippen LogP contribution in [0.4, 0.5) is 4.79 Å². The summed E-state index contributed by atoms with van der Waals surface area (Å²) in [7, 11) is 1.26. The normalized spacial score (nSPS) is 13.9. The highest BCUT2D eigenvalue weighted by molar-refractivity contribution is 5.81. The monoisotopic (exact) mass is 463 g/mol. The van der Waals surface area contributed by atoms with Gasteiger partial charge in [0.25, 0.3) is 0 Å². The van der Waals surface area contributed by atoms with Crippen LogP contribution in [0.3, 0.4) is 0 Å². The fraction of sp³-hybridized carbons (Fsp3) is 0.654. The summed E-state index contributed by atoms with van der Waals surface area (Å²) in [6.07, 6.45) is 3.96. The number of rotatable bonds is 16. The van der Waals surface area contributed by atoms with Gasteiger partial charge >= 0.3 is 12.1 Å². The third-order valence-corrected chi connectivity index (χ3v) is 5.58. The summed E-state index contributed by atoms with van der Waals surface area (Å²) in [5.74, 6) is 0.401. The Bertz CT molecular complexity index is 691. The van der Waals surface area contributed by atoms with E-state index in [2.05, 4.69) is 33.0 Å². The van der Waals surface area contributed by atoms with Crippen LogP contribution in [0.5, 0.6) is 0 Å². The van der Waals surface area contributed by atoms with E-state index in [9.17, 15) is 14.4 Å². The molecule has 0 heterocycles. The number of nitrogens with one attached hydrogen (secondary N) is 1. The van der Waals surface area contributed by atoms with Crippen LogP contribution in [0.2, 0.25) is 0 Å². The molecule has 0 aliphatic carbocycles. The molecule has 1 aromatic rings. The number of hydrogen-bond acceptors (Lipinski definition) is 6. The molecule has 1 unspecified atom stereocenters. The smallest absolute Gasteiger partial charge is 0.408 e. The molecule has 1 aromatic carbocycles. The Morgan fingerprint density at radius 2 is 1.58 bits per heavy atom. The van der Waals surface area contributed by atoms with Crippen LogP contribution < -0.4 is 5.32 Å².